The Morgan fingerprint density at radius 1 is 1.25 bits per heavy atom. The van der Waals surface area contributed by atoms with E-state index in [2.05, 4.69) is 13.5 Å². The maximum Gasteiger partial charge on any atom is 0.268 e. The fraction of sp³-hybridized carbons (Fsp3) is 0.273. The molecular formula is C22H24ClNO3S. The highest BCUT2D eigenvalue weighted by molar-refractivity contribution is 7.93. The molecule has 0 aliphatic carbocycles. The zero-order chi connectivity index (χ0) is 20.5. The van der Waals surface area contributed by atoms with Crippen LogP contribution in [0.5, 0.6) is 0 Å². The van der Waals surface area contributed by atoms with Crippen LogP contribution in [0.2, 0.25) is 5.02 Å². The molecule has 0 bridgehead atoms. The number of rotatable bonds is 6. The van der Waals surface area contributed by atoms with Gasteiger partial charge in [-0.1, -0.05) is 61.4 Å². The molecule has 0 aromatic heterocycles. The molecule has 1 N–H and O–H groups in total. The third kappa shape index (κ3) is 3.75. The predicted molar refractivity (Wildman–Crippen MR) is 114 cm³/mol. The van der Waals surface area contributed by atoms with Crippen LogP contribution in [0.3, 0.4) is 0 Å². The summed E-state index contributed by atoms with van der Waals surface area (Å²) >= 11 is 6.17. The molecule has 0 spiro atoms. The Hall–Kier alpha value is -2.08. The van der Waals surface area contributed by atoms with Gasteiger partial charge in [-0.15, -0.1) is 0 Å². The van der Waals surface area contributed by atoms with Gasteiger partial charge in [-0.2, -0.15) is 0 Å². The van der Waals surface area contributed by atoms with Crippen molar-refractivity contribution in [3.63, 3.8) is 0 Å². The van der Waals surface area contributed by atoms with Gasteiger partial charge in [0.05, 0.1) is 22.6 Å². The molecule has 3 rings (SSSR count). The van der Waals surface area contributed by atoms with E-state index in [0.29, 0.717) is 22.0 Å². The van der Waals surface area contributed by atoms with Crippen LogP contribution in [0.15, 0.2) is 71.8 Å². The van der Waals surface area contributed by atoms with Crippen LogP contribution < -0.4 is 4.31 Å². The number of fused-ring (bicyclic) bond motifs is 1. The molecule has 0 saturated heterocycles. The molecule has 2 aromatic carbocycles. The first-order chi connectivity index (χ1) is 13.3. The summed E-state index contributed by atoms with van der Waals surface area (Å²) in [4.78, 5) is 0.178. The van der Waals surface area contributed by atoms with Crippen LogP contribution in [-0.2, 0) is 10.0 Å². The fourth-order valence-electron chi connectivity index (χ4n) is 3.41. The first-order valence-electron chi connectivity index (χ1n) is 9.22. The second-order valence-electron chi connectivity index (χ2n) is 6.96. The van der Waals surface area contributed by atoms with Crippen molar-refractivity contribution in [3.8, 4) is 0 Å². The Balaban J connectivity index is 2.09. The number of allylic oxidation sites excluding steroid dienone is 1. The summed E-state index contributed by atoms with van der Waals surface area (Å²) in [5.41, 5.74) is 2.41. The third-order valence-corrected chi connectivity index (χ3v) is 6.87. The molecule has 148 valence electrons. The number of aliphatic hydroxyl groups excluding tert-OH is 1. The van der Waals surface area contributed by atoms with Crippen LogP contribution in [0, 0.1) is 6.92 Å². The number of anilines is 1. The fourth-order valence-corrected chi connectivity index (χ4v) is 5.13. The van der Waals surface area contributed by atoms with E-state index in [1.54, 1.807) is 48.5 Å². The van der Waals surface area contributed by atoms with E-state index in [-0.39, 0.29) is 4.90 Å². The van der Waals surface area contributed by atoms with Crippen molar-refractivity contribution in [3.05, 3.63) is 83.0 Å². The molecule has 2 atom stereocenters. The quantitative estimate of drug-likeness (QED) is 0.659. The van der Waals surface area contributed by atoms with Crippen molar-refractivity contribution in [2.45, 2.75) is 43.6 Å². The van der Waals surface area contributed by atoms with E-state index in [9.17, 15) is 13.5 Å². The molecule has 2 aromatic rings. The number of unbranched alkanes of at least 4 members (excludes halogenated alkanes) is 1. The summed E-state index contributed by atoms with van der Waals surface area (Å²) in [5, 5.41) is 11.2. The van der Waals surface area contributed by atoms with Crippen molar-refractivity contribution in [1.29, 1.82) is 0 Å². The molecule has 1 aliphatic rings. The molecule has 1 heterocycles. The third-order valence-electron chi connectivity index (χ3n) is 4.85. The molecule has 0 unspecified atom stereocenters. The second kappa shape index (κ2) is 8.11. The Morgan fingerprint density at radius 2 is 1.93 bits per heavy atom. The number of halogens is 1. The highest BCUT2D eigenvalue weighted by Gasteiger charge is 2.42. The lowest BCUT2D eigenvalue weighted by atomic mass is 9.93. The van der Waals surface area contributed by atoms with Crippen LogP contribution >= 0.6 is 11.6 Å². The molecule has 6 heteroatoms. The Morgan fingerprint density at radius 3 is 2.57 bits per heavy atom. The summed E-state index contributed by atoms with van der Waals surface area (Å²) in [6.07, 6.45) is 4.51. The Kier molecular flexibility index (Phi) is 5.98. The monoisotopic (exact) mass is 417 g/mol. The van der Waals surface area contributed by atoms with E-state index in [1.807, 2.05) is 13.0 Å². The van der Waals surface area contributed by atoms with Gasteiger partial charge in [0, 0.05) is 10.7 Å². The minimum absolute atomic E-state index is 0.178. The van der Waals surface area contributed by atoms with Crippen LogP contribution in [0.4, 0.5) is 5.69 Å². The van der Waals surface area contributed by atoms with Crippen LogP contribution in [0.1, 0.15) is 36.8 Å². The Bertz CT molecular complexity index is 1010. The number of sulfonamides is 1. The van der Waals surface area contributed by atoms with E-state index in [4.69, 9.17) is 11.6 Å². The zero-order valence-electron chi connectivity index (χ0n) is 16.0. The standard InChI is InChI=1S/C22H24ClNO3S/c1-4-5-6-7-21(25)22-16(3)24(20-13-10-17(23)14-19(20)22)28(26,27)18-11-8-15(2)9-12-18/h6-14,21-22,25H,3-5H2,1-2H3/b7-6+/t21-,22-/m1/s1. The van der Waals surface area contributed by atoms with E-state index in [0.717, 1.165) is 18.4 Å². The van der Waals surface area contributed by atoms with Gasteiger partial charge in [-0.25, -0.2) is 12.7 Å². The number of nitrogens with zero attached hydrogens (tertiary/aromatic N) is 1. The predicted octanol–water partition coefficient (Wildman–Crippen LogP) is 5.17. The Labute approximate surface area is 171 Å². The van der Waals surface area contributed by atoms with Gasteiger partial charge in [0.2, 0.25) is 0 Å². The van der Waals surface area contributed by atoms with E-state index < -0.39 is 22.0 Å². The maximum absolute atomic E-state index is 13.4. The van der Waals surface area contributed by atoms with E-state index >= 15 is 0 Å². The molecule has 0 fully saturated rings. The smallest absolute Gasteiger partial charge is 0.268 e. The van der Waals surface area contributed by atoms with Gasteiger partial charge >= 0.3 is 0 Å². The summed E-state index contributed by atoms with van der Waals surface area (Å²) in [7, 11) is -3.87. The maximum atomic E-state index is 13.4. The topological polar surface area (TPSA) is 57.6 Å². The molecular weight excluding hydrogens is 394 g/mol. The van der Waals surface area contributed by atoms with Gasteiger partial charge in [0.15, 0.2) is 0 Å². The van der Waals surface area contributed by atoms with Crippen molar-refractivity contribution >= 4 is 27.3 Å². The highest BCUT2D eigenvalue weighted by atomic mass is 35.5. The molecule has 0 saturated carbocycles. The minimum Gasteiger partial charge on any atom is -0.388 e. The number of aryl methyl sites for hydroxylation is 1. The molecule has 1 aliphatic heterocycles. The van der Waals surface area contributed by atoms with Gasteiger partial charge < -0.3 is 5.11 Å². The van der Waals surface area contributed by atoms with Crippen molar-refractivity contribution in [1.82, 2.24) is 0 Å². The lowest BCUT2D eigenvalue weighted by Crippen LogP contribution is -2.29. The number of benzene rings is 2. The van der Waals surface area contributed by atoms with Gasteiger partial charge in [-0.05, 0) is 49.2 Å². The van der Waals surface area contributed by atoms with Crippen molar-refractivity contribution < 1.29 is 13.5 Å². The first kappa shape index (κ1) is 20.6. The molecule has 28 heavy (non-hydrogen) atoms. The minimum atomic E-state index is -3.87. The SMILES string of the molecule is C=C1[C@@H]([C@H](O)/C=C/CCC)c2cc(Cl)ccc2N1S(=O)(=O)c1ccc(C)cc1. The molecule has 0 amide bonds. The number of hydrogen-bond acceptors (Lipinski definition) is 3. The van der Waals surface area contributed by atoms with Crippen LogP contribution in [0.25, 0.3) is 0 Å². The first-order valence-corrected chi connectivity index (χ1v) is 11.0. The summed E-state index contributed by atoms with van der Waals surface area (Å²) in [6.45, 7) is 7.98. The second-order valence-corrected chi connectivity index (χ2v) is 9.19. The number of hydrogen-bond donors (Lipinski definition) is 1. The van der Waals surface area contributed by atoms with Crippen LogP contribution in [-0.4, -0.2) is 19.6 Å². The molecule has 4 nitrogen and oxygen atoms in total. The summed E-state index contributed by atoms with van der Waals surface area (Å²) in [5.74, 6) is -0.581. The van der Waals surface area contributed by atoms with Crippen molar-refractivity contribution in [2.24, 2.45) is 0 Å². The highest BCUT2D eigenvalue weighted by Crippen LogP contribution is 2.48. The number of aliphatic hydroxyl groups is 1. The largest absolute Gasteiger partial charge is 0.388 e. The zero-order valence-corrected chi connectivity index (χ0v) is 17.5. The molecule has 0 radical (unpaired) electrons. The summed E-state index contributed by atoms with van der Waals surface area (Å²) < 4.78 is 28.0. The van der Waals surface area contributed by atoms with E-state index in [1.165, 1.54) is 4.31 Å². The van der Waals surface area contributed by atoms with Crippen molar-refractivity contribution in [2.75, 3.05) is 4.31 Å². The average Bonchev–Trinajstić information content (AvgIpc) is 2.94. The lowest BCUT2D eigenvalue weighted by Gasteiger charge is -2.23. The summed E-state index contributed by atoms with van der Waals surface area (Å²) in [6, 6.07) is 11.7. The normalized spacial score (nSPS) is 17.9. The van der Waals surface area contributed by atoms with Gasteiger partial charge in [0.1, 0.15) is 0 Å². The van der Waals surface area contributed by atoms with Gasteiger partial charge in [0.25, 0.3) is 10.0 Å². The average molecular weight is 418 g/mol. The lowest BCUT2D eigenvalue weighted by molar-refractivity contribution is 0.205. The van der Waals surface area contributed by atoms with Gasteiger partial charge in [-0.3, -0.25) is 0 Å².